The molecule has 24 heavy (non-hydrogen) atoms. The molecule has 0 spiro atoms. The zero-order chi connectivity index (χ0) is 18.3. The van der Waals surface area contributed by atoms with Gasteiger partial charge < -0.3 is 10.4 Å². The van der Waals surface area contributed by atoms with Crippen molar-refractivity contribution in [2.24, 2.45) is 5.92 Å². The lowest BCUT2D eigenvalue weighted by Crippen LogP contribution is -2.41. The first-order valence-corrected chi connectivity index (χ1v) is 9.21. The van der Waals surface area contributed by atoms with Crippen LogP contribution < -0.4 is 5.32 Å². The third-order valence-electron chi connectivity index (χ3n) is 3.42. The molecule has 0 saturated heterocycles. The number of halogens is 1. The molecule has 0 fully saturated rings. The lowest BCUT2D eigenvalue weighted by atomic mass is 10.0. The van der Waals surface area contributed by atoms with Crippen molar-refractivity contribution in [2.45, 2.75) is 24.7 Å². The summed E-state index contributed by atoms with van der Waals surface area (Å²) in [5, 5.41) is 11.9. The molecule has 0 aliphatic heterocycles. The molecular formula is C15H21ClN2O5S. The molecule has 0 radical (unpaired) electrons. The van der Waals surface area contributed by atoms with Crippen molar-refractivity contribution in [2.75, 3.05) is 20.1 Å². The number of hydrogen-bond donors (Lipinski definition) is 2. The van der Waals surface area contributed by atoms with Crippen molar-refractivity contribution in [3.05, 3.63) is 29.3 Å². The molecule has 0 bridgehead atoms. The number of nitrogens with zero attached hydrogens (tertiary/aromatic N) is 1. The number of carboxylic acid groups (broad SMARTS) is 1. The summed E-state index contributed by atoms with van der Waals surface area (Å²) in [7, 11) is -2.54. The Labute approximate surface area is 146 Å². The van der Waals surface area contributed by atoms with E-state index in [9.17, 15) is 18.0 Å². The Morgan fingerprint density at radius 3 is 2.38 bits per heavy atom. The van der Waals surface area contributed by atoms with Crippen LogP contribution in [0.5, 0.6) is 0 Å². The minimum atomic E-state index is -3.82. The number of benzene rings is 1. The molecule has 1 amide bonds. The van der Waals surface area contributed by atoms with Gasteiger partial charge in [-0.1, -0.05) is 24.9 Å². The predicted molar refractivity (Wildman–Crippen MR) is 90.3 cm³/mol. The van der Waals surface area contributed by atoms with Crippen LogP contribution in [0.2, 0.25) is 5.02 Å². The van der Waals surface area contributed by atoms with Gasteiger partial charge in [0.05, 0.1) is 17.4 Å². The van der Waals surface area contributed by atoms with E-state index in [0.29, 0.717) is 17.9 Å². The zero-order valence-corrected chi connectivity index (χ0v) is 15.1. The van der Waals surface area contributed by atoms with E-state index in [2.05, 4.69) is 5.32 Å². The Morgan fingerprint density at radius 1 is 1.29 bits per heavy atom. The maximum absolute atomic E-state index is 12.3. The maximum Gasteiger partial charge on any atom is 0.308 e. The minimum absolute atomic E-state index is 0.0246. The van der Waals surface area contributed by atoms with Crippen molar-refractivity contribution in [3.63, 3.8) is 0 Å². The Balaban J connectivity index is 2.65. The second kappa shape index (κ2) is 9.00. The Morgan fingerprint density at radius 2 is 1.88 bits per heavy atom. The van der Waals surface area contributed by atoms with Crippen LogP contribution in [0.15, 0.2) is 29.2 Å². The van der Waals surface area contributed by atoms with Gasteiger partial charge in [-0.3, -0.25) is 9.59 Å². The molecule has 0 aromatic heterocycles. The van der Waals surface area contributed by atoms with Crippen LogP contribution in [0.25, 0.3) is 0 Å². The van der Waals surface area contributed by atoms with Crippen LogP contribution in [0.3, 0.4) is 0 Å². The fraction of sp³-hybridized carbons (Fsp3) is 0.467. The Hall–Kier alpha value is -1.64. The first-order valence-electron chi connectivity index (χ1n) is 7.40. The second-order valence-electron chi connectivity index (χ2n) is 5.34. The average molecular weight is 377 g/mol. The maximum atomic E-state index is 12.3. The van der Waals surface area contributed by atoms with Crippen molar-refractivity contribution in [1.82, 2.24) is 9.62 Å². The summed E-state index contributed by atoms with van der Waals surface area (Å²) in [4.78, 5) is 22.9. The van der Waals surface area contributed by atoms with Crippen LogP contribution >= 0.6 is 11.6 Å². The molecule has 1 atom stereocenters. The lowest BCUT2D eigenvalue weighted by Gasteiger charge is -2.18. The van der Waals surface area contributed by atoms with Gasteiger partial charge in [0.1, 0.15) is 0 Å². The monoisotopic (exact) mass is 376 g/mol. The van der Waals surface area contributed by atoms with E-state index in [0.717, 1.165) is 4.31 Å². The summed E-state index contributed by atoms with van der Waals surface area (Å²) in [5.41, 5.74) is 0. The quantitative estimate of drug-likeness (QED) is 0.680. The van der Waals surface area contributed by atoms with Crippen LogP contribution in [-0.4, -0.2) is 49.8 Å². The number of aliphatic carboxylic acids is 1. The number of sulfonamides is 1. The van der Waals surface area contributed by atoms with Gasteiger partial charge in [-0.05, 0) is 30.7 Å². The van der Waals surface area contributed by atoms with Gasteiger partial charge in [0, 0.05) is 18.6 Å². The average Bonchev–Trinajstić information content (AvgIpc) is 2.51. The van der Waals surface area contributed by atoms with Crippen molar-refractivity contribution in [3.8, 4) is 0 Å². The van der Waals surface area contributed by atoms with Crippen LogP contribution in [0, 0.1) is 5.92 Å². The highest BCUT2D eigenvalue weighted by atomic mass is 35.5. The first kappa shape index (κ1) is 20.4. The highest BCUT2D eigenvalue weighted by molar-refractivity contribution is 7.89. The van der Waals surface area contributed by atoms with E-state index in [-0.39, 0.29) is 11.4 Å². The van der Waals surface area contributed by atoms with Crippen LogP contribution in [0.4, 0.5) is 0 Å². The molecular weight excluding hydrogens is 356 g/mol. The molecule has 9 heteroatoms. The molecule has 1 aromatic rings. The molecule has 1 unspecified atom stereocenters. The van der Waals surface area contributed by atoms with Crippen LogP contribution in [0.1, 0.15) is 19.8 Å². The summed E-state index contributed by atoms with van der Waals surface area (Å²) in [6.07, 6.45) is 1.12. The summed E-state index contributed by atoms with van der Waals surface area (Å²) in [5.74, 6) is -2.23. The number of carbonyl (C=O) groups is 2. The smallest absolute Gasteiger partial charge is 0.308 e. The molecule has 2 N–H and O–H groups in total. The number of rotatable bonds is 9. The standard InChI is InChI=1S/C15H21ClN2O5S/c1-3-4-11(15(20)21)9-17-14(19)10-18(2)24(22,23)13-7-5-12(16)6-8-13/h5-8,11H,3-4,9-10H2,1-2H3,(H,17,19)(H,20,21). The molecule has 0 aliphatic rings. The zero-order valence-electron chi connectivity index (χ0n) is 13.5. The number of nitrogens with one attached hydrogen (secondary N) is 1. The van der Waals surface area contributed by atoms with Gasteiger partial charge in [0.2, 0.25) is 15.9 Å². The van der Waals surface area contributed by atoms with Crippen molar-refractivity contribution >= 4 is 33.5 Å². The van der Waals surface area contributed by atoms with Crippen molar-refractivity contribution < 1.29 is 23.1 Å². The highest BCUT2D eigenvalue weighted by Crippen LogP contribution is 2.17. The third kappa shape index (κ3) is 5.77. The van der Waals surface area contributed by atoms with E-state index < -0.39 is 34.4 Å². The van der Waals surface area contributed by atoms with Gasteiger partial charge in [-0.2, -0.15) is 4.31 Å². The summed E-state index contributed by atoms with van der Waals surface area (Å²) in [6, 6.07) is 5.61. The second-order valence-corrected chi connectivity index (χ2v) is 7.82. The Kier molecular flexibility index (Phi) is 7.65. The predicted octanol–water partition coefficient (Wildman–Crippen LogP) is 1.58. The third-order valence-corrected chi connectivity index (χ3v) is 5.49. The van der Waals surface area contributed by atoms with Crippen molar-refractivity contribution in [1.29, 1.82) is 0 Å². The molecule has 0 heterocycles. The minimum Gasteiger partial charge on any atom is -0.481 e. The topological polar surface area (TPSA) is 104 Å². The molecule has 1 rings (SSSR count). The molecule has 1 aromatic carbocycles. The summed E-state index contributed by atoms with van der Waals surface area (Å²) >= 11 is 5.73. The van der Waals surface area contributed by atoms with E-state index in [4.69, 9.17) is 16.7 Å². The summed E-state index contributed by atoms with van der Waals surface area (Å²) in [6.45, 7) is 1.42. The number of hydrogen-bond acceptors (Lipinski definition) is 4. The van der Waals surface area contributed by atoms with E-state index in [1.54, 1.807) is 0 Å². The fourth-order valence-electron chi connectivity index (χ4n) is 2.03. The number of carbonyl (C=O) groups excluding carboxylic acids is 1. The van der Waals surface area contributed by atoms with E-state index >= 15 is 0 Å². The number of carboxylic acids is 1. The van der Waals surface area contributed by atoms with Crippen LogP contribution in [-0.2, 0) is 19.6 Å². The molecule has 0 saturated carbocycles. The largest absolute Gasteiger partial charge is 0.481 e. The summed E-state index contributed by atoms with van der Waals surface area (Å²) < 4.78 is 25.6. The number of likely N-dealkylation sites (N-methyl/N-ethyl adjacent to an activating group) is 1. The highest BCUT2D eigenvalue weighted by Gasteiger charge is 2.24. The first-order chi connectivity index (χ1) is 11.2. The van der Waals surface area contributed by atoms with E-state index in [1.165, 1.54) is 31.3 Å². The van der Waals surface area contributed by atoms with Gasteiger partial charge in [-0.15, -0.1) is 0 Å². The van der Waals surface area contributed by atoms with Gasteiger partial charge in [-0.25, -0.2) is 8.42 Å². The molecule has 0 aliphatic carbocycles. The molecule has 7 nitrogen and oxygen atoms in total. The lowest BCUT2D eigenvalue weighted by molar-refractivity contribution is -0.141. The van der Waals surface area contributed by atoms with Gasteiger partial charge in [0.15, 0.2) is 0 Å². The SMILES string of the molecule is CCCC(CNC(=O)CN(C)S(=O)(=O)c1ccc(Cl)cc1)C(=O)O. The fourth-order valence-corrected chi connectivity index (χ4v) is 3.28. The van der Waals surface area contributed by atoms with Gasteiger partial charge in [0.25, 0.3) is 0 Å². The Bertz CT molecular complexity index is 676. The van der Waals surface area contributed by atoms with Gasteiger partial charge >= 0.3 is 5.97 Å². The van der Waals surface area contributed by atoms with E-state index in [1.807, 2.05) is 6.92 Å². The number of amides is 1. The normalized spacial score (nSPS) is 12.8. The molecule has 134 valence electrons.